The second kappa shape index (κ2) is 7.01. The van der Waals surface area contributed by atoms with Gasteiger partial charge in [-0.2, -0.15) is 0 Å². The minimum absolute atomic E-state index is 0.377. The van der Waals surface area contributed by atoms with E-state index in [9.17, 15) is 9.59 Å². The van der Waals surface area contributed by atoms with Gasteiger partial charge in [-0.15, -0.1) is 0 Å². The summed E-state index contributed by atoms with van der Waals surface area (Å²) in [4.78, 5) is 22.3. The Kier molecular flexibility index (Phi) is 5.66. The minimum atomic E-state index is -1.47. The number of anilines is 1. The number of nitrogens with one attached hydrogen (secondary N) is 1. The fraction of sp³-hybridized carbons (Fsp3) is 0.167. The van der Waals surface area contributed by atoms with Crippen molar-refractivity contribution in [3.05, 3.63) is 34.3 Å². The quantitative estimate of drug-likeness (QED) is 0.820. The van der Waals surface area contributed by atoms with E-state index in [2.05, 4.69) is 5.32 Å². The number of carbonyl (C=O) groups excluding carboxylic acids is 1. The van der Waals surface area contributed by atoms with E-state index in [0.29, 0.717) is 18.0 Å². The molecule has 0 fully saturated rings. The molecule has 1 aromatic rings. The summed E-state index contributed by atoms with van der Waals surface area (Å²) in [5, 5.41) is 9.72. The number of amides is 1. The molecule has 0 aliphatic heterocycles. The molecule has 0 saturated heterocycles. The van der Waals surface area contributed by atoms with E-state index in [1.54, 1.807) is 31.2 Å². The van der Waals surface area contributed by atoms with Gasteiger partial charge in [-0.1, -0.05) is 35.3 Å². The van der Waals surface area contributed by atoms with Crippen molar-refractivity contribution in [2.24, 2.45) is 0 Å². The second-order valence-electron chi connectivity index (χ2n) is 3.32. The van der Waals surface area contributed by atoms with Crippen molar-refractivity contribution in [2.45, 2.75) is 6.92 Å². The molecule has 7 heteroatoms. The average Bonchev–Trinajstić information content (AvgIpc) is 2.39. The average molecular weight is 304 g/mol. The lowest BCUT2D eigenvalue weighted by molar-refractivity contribution is -0.132. The molecule has 0 aliphatic rings. The van der Waals surface area contributed by atoms with Gasteiger partial charge in [-0.05, 0) is 19.1 Å². The SMILES string of the molecule is CCOc1ccccc1NC(=O)/C(Cl)=C(/Cl)C(=O)O. The number of carboxylic acid groups (broad SMARTS) is 1. The first-order chi connectivity index (χ1) is 8.97. The number of halogens is 2. The number of para-hydroxylation sites is 2. The number of rotatable bonds is 5. The standard InChI is InChI=1S/C12H11Cl2NO4/c1-2-19-8-6-4-3-5-7(8)15-11(16)9(13)10(14)12(17)18/h3-6H,2H2,1H3,(H,15,16)(H,17,18)/b10-9-. The Morgan fingerprint density at radius 1 is 1.26 bits per heavy atom. The highest BCUT2D eigenvalue weighted by Gasteiger charge is 2.18. The van der Waals surface area contributed by atoms with Crippen LogP contribution in [0.1, 0.15) is 6.92 Å². The Hall–Kier alpha value is -1.72. The van der Waals surface area contributed by atoms with Gasteiger partial charge in [-0.3, -0.25) is 4.79 Å². The third kappa shape index (κ3) is 4.15. The Labute approximate surface area is 119 Å². The van der Waals surface area contributed by atoms with Crippen LogP contribution in [0, 0.1) is 0 Å². The van der Waals surface area contributed by atoms with Gasteiger partial charge in [0.1, 0.15) is 15.8 Å². The molecule has 5 nitrogen and oxygen atoms in total. The summed E-state index contributed by atoms with van der Waals surface area (Å²) < 4.78 is 5.30. The zero-order chi connectivity index (χ0) is 14.4. The Morgan fingerprint density at radius 3 is 2.47 bits per heavy atom. The van der Waals surface area contributed by atoms with Crippen LogP contribution >= 0.6 is 23.2 Å². The fourth-order valence-corrected chi connectivity index (χ4v) is 1.44. The Morgan fingerprint density at radius 2 is 1.89 bits per heavy atom. The summed E-state index contributed by atoms with van der Waals surface area (Å²) in [5.74, 6) is -1.84. The Balaban J connectivity index is 2.94. The molecular weight excluding hydrogens is 293 g/mol. The number of ether oxygens (including phenoxy) is 1. The summed E-state index contributed by atoms with van der Waals surface area (Å²) in [6.07, 6.45) is 0. The molecule has 0 unspecified atom stereocenters. The van der Waals surface area contributed by atoms with Gasteiger partial charge in [0.05, 0.1) is 12.3 Å². The molecule has 0 saturated carbocycles. The van der Waals surface area contributed by atoms with Gasteiger partial charge in [-0.25, -0.2) is 4.79 Å². The summed E-state index contributed by atoms with van der Waals surface area (Å²) in [6.45, 7) is 2.22. The molecule has 0 aliphatic carbocycles. The molecule has 0 heterocycles. The van der Waals surface area contributed by atoms with E-state index < -0.39 is 21.9 Å². The maximum atomic E-state index is 11.7. The normalized spacial score (nSPS) is 11.5. The first-order valence-electron chi connectivity index (χ1n) is 5.29. The lowest BCUT2D eigenvalue weighted by Crippen LogP contribution is -2.15. The molecule has 0 bridgehead atoms. The predicted molar refractivity (Wildman–Crippen MR) is 72.6 cm³/mol. The van der Waals surface area contributed by atoms with E-state index in [-0.39, 0.29) is 0 Å². The van der Waals surface area contributed by atoms with Gasteiger partial charge in [0.15, 0.2) is 0 Å². The van der Waals surface area contributed by atoms with Crippen molar-refractivity contribution in [2.75, 3.05) is 11.9 Å². The summed E-state index contributed by atoms with van der Waals surface area (Å²) in [7, 11) is 0. The molecule has 2 N–H and O–H groups in total. The zero-order valence-electron chi connectivity index (χ0n) is 9.94. The van der Waals surface area contributed by atoms with E-state index in [0.717, 1.165) is 0 Å². The molecule has 0 spiro atoms. The molecule has 1 rings (SSSR count). The molecule has 0 radical (unpaired) electrons. The largest absolute Gasteiger partial charge is 0.492 e. The van der Waals surface area contributed by atoms with Crippen LogP contribution < -0.4 is 10.1 Å². The predicted octanol–water partition coefficient (Wildman–Crippen LogP) is 2.80. The van der Waals surface area contributed by atoms with Gasteiger partial charge >= 0.3 is 5.97 Å². The highest BCUT2D eigenvalue weighted by atomic mass is 35.5. The van der Waals surface area contributed by atoms with Crippen LogP contribution in [0.25, 0.3) is 0 Å². The van der Waals surface area contributed by atoms with Crippen LogP contribution in [-0.4, -0.2) is 23.6 Å². The molecule has 1 aromatic carbocycles. The number of hydrogen-bond acceptors (Lipinski definition) is 3. The van der Waals surface area contributed by atoms with E-state index in [4.69, 9.17) is 33.0 Å². The van der Waals surface area contributed by atoms with Crippen LogP contribution in [-0.2, 0) is 9.59 Å². The molecule has 0 atom stereocenters. The van der Waals surface area contributed by atoms with Crippen LogP contribution in [0.2, 0.25) is 0 Å². The first kappa shape index (κ1) is 15.3. The number of benzene rings is 1. The zero-order valence-corrected chi connectivity index (χ0v) is 11.5. The Bertz CT molecular complexity index is 528. The van der Waals surface area contributed by atoms with Crippen molar-refractivity contribution < 1.29 is 19.4 Å². The van der Waals surface area contributed by atoms with E-state index >= 15 is 0 Å². The fourth-order valence-electron chi connectivity index (χ4n) is 1.22. The number of hydrogen-bond donors (Lipinski definition) is 2. The molecule has 0 aromatic heterocycles. The van der Waals surface area contributed by atoms with Crippen LogP contribution in [0.4, 0.5) is 5.69 Å². The lowest BCUT2D eigenvalue weighted by Gasteiger charge is -2.10. The maximum absolute atomic E-state index is 11.7. The topological polar surface area (TPSA) is 75.6 Å². The van der Waals surface area contributed by atoms with Crippen molar-refractivity contribution in [1.82, 2.24) is 0 Å². The third-order valence-electron chi connectivity index (χ3n) is 2.01. The van der Waals surface area contributed by atoms with Crippen LogP contribution in [0.15, 0.2) is 34.3 Å². The monoisotopic (exact) mass is 303 g/mol. The van der Waals surface area contributed by atoms with Gasteiger partial charge < -0.3 is 15.2 Å². The molecule has 1 amide bonds. The number of carbonyl (C=O) groups is 2. The molecule has 102 valence electrons. The maximum Gasteiger partial charge on any atom is 0.349 e. The van der Waals surface area contributed by atoms with Crippen LogP contribution in [0.3, 0.4) is 0 Å². The van der Waals surface area contributed by atoms with E-state index in [1.807, 2.05) is 0 Å². The van der Waals surface area contributed by atoms with Crippen molar-refractivity contribution in [1.29, 1.82) is 0 Å². The van der Waals surface area contributed by atoms with Gasteiger partial charge in [0.2, 0.25) is 0 Å². The van der Waals surface area contributed by atoms with Crippen molar-refractivity contribution >= 4 is 40.8 Å². The van der Waals surface area contributed by atoms with Gasteiger partial charge in [0.25, 0.3) is 5.91 Å². The molecule has 19 heavy (non-hydrogen) atoms. The molecular formula is C12H11Cl2NO4. The highest BCUT2D eigenvalue weighted by molar-refractivity contribution is 6.54. The second-order valence-corrected chi connectivity index (χ2v) is 4.07. The van der Waals surface area contributed by atoms with Gasteiger partial charge in [0, 0.05) is 0 Å². The third-order valence-corrected chi connectivity index (χ3v) is 2.82. The van der Waals surface area contributed by atoms with Crippen LogP contribution in [0.5, 0.6) is 5.75 Å². The smallest absolute Gasteiger partial charge is 0.349 e. The summed E-state index contributed by atoms with van der Waals surface area (Å²) in [5.41, 5.74) is 0.377. The lowest BCUT2D eigenvalue weighted by atomic mass is 10.3. The van der Waals surface area contributed by atoms with Crippen molar-refractivity contribution in [3.8, 4) is 5.75 Å². The highest BCUT2D eigenvalue weighted by Crippen LogP contribution is 2.25. The summed E-state index contributed by atoms with van der Waals surface area (Å²) in [6, 6.07) is 6.69. The number of aliphatic carboxylic acids is 1. The minimum Gasteiger partial charge on any atom is -0.492 e. The number of carboxylic acids is 1. The van der Waals surface area contributed by atoms with E-state index in [1.165, 1.54) is 0 Å². The first-order valence-corrected chi connectivity index (χ1v) is 6.04. The summed E-state index contributed by atoms with van der Waals surface area (Å²) >= 11 is 11.0. The van der Waals surface area contributed by atoms with Crippen molar-refractivity contribution in [3.63, 3.8) is 0 Å².